The van der Waals surface area contributed by atoms with Crippen LogP contribution in [0.5, 0.6) is 5.75 Å². The van der Waals surface area contributed by atoms with Gasteiger partial charge in [-0.2, -0.15) is 0 Å². The second-order valence-corrected chi connectivity index (χ2v) is 8.35. The Morgan fingerprint density at radius 2 is 1.33 bits per heavy atom. The van der Waals surface area contributed by atoms with Crippen molar-refractivity contribution in [2.75, 3.05) is 10.8 Å². The summed E-state index contributed by atoms with van der Waals surface area (Å²) in [5.74, 6) is 0.216. The Bertz CT molecular complexity index is 993. The van der Waals surface area contributed by atoms with Crippen LogP contribution in [0.4, 0.5) is 5.69 Å². The molecule has 0 aromatic heterocycles. The van der Waals surface area contributed by atoms with Gasteiger partial charge in [-0.15, -0.1) is 0 Å². The minimum atomic E-state index is -3.62. The number of hydrogen-bond acceptors (Lipinski definition) is 3. The molecule has 0 aliphatic rings. The zero-order valence-corrected chi connectivity index (χ0v) is 16.3. The highest BCUT2D eigenvalue weighted by Crippen LogP contribution is 2.28. The van der Waals surface area contributed by atoms with Gasteiger partial charge in [-0.3, -0.25) is 4.31 Å². The summed E-state index contributed by atoms with van der Waals surface area (Å²) in [6.07, 6.45) is 0.713. The molecule has 0 heterocycles. The highest BCUT2D eigenvalue weighted by atomic mass is 32.2. The van der Waals surface area contributed by atoms with Gasteiger partial charge in [-0.25, -0.2) is 8.42 Å². The van der Waals surface area contributed by atoms with Crippen molar-refractivity contribution >= 4 is 15.7 Å². The van der Waals surface area contributed by atoms with E-state index >= 15 is 0 Å². The SMILES string of the molecule is CCCN(c1ccc(-c2ccc(O)cc2)cc1)S(=O)(=O)c1ccc(C)cc1. The standard InChI is InChI=1S/C22H23NO3S/c1-3-16-23(27(25,26)22-14-4-17(2)5-15-22)20-10-6-18(7-11-20)19-8-12-21(24)13-9-19/h4-15,24H,3,16H2,1-2H3. The highest BCUT2D eigenvalue weighted by molar-refractivity contribution is 7.92. The molecule has 0 atom stereocenters. The van der Waals surface area contributed by atoms with Gasteiger partial charge in [0, 0.05) is 6.54 Å². The number of phenolic OH excluding ortho intramolecular Hbond substituents is 1. The molecule has 3 aromatic rings. The first kappa shape index (κ1) is 19.0. The number of aryl methyl sites for hydroxylation is 1. The molecule has 0 aliphatic carbocycles. The Morgan fingerprint density at radius 3 is 1.85 bits per heavy atom. The van der Waals surface area contributed by atoms with Crippen LogP contribution < -0.4 is 4.31 Å². The third-order valence-electron chi connectivity index (χ3n) is 4.39. The third-order valence-corrected chi connectivity index (χ3v) is 6.23. The third kappa shape index (κ3) is 4.14. The lowest BCUT2D eigenvalue weighted by Crippen LogP contribution is -2.31. The fourth-order valence-electron chi connectivity index (χ4n) is 2.90. The molecule has 5 heteroatoms. The molecule has 1 N–H and O–H groups in total. The fraction of sp³-hybridized carbons (Fsp3) is 0.182. The predicted molar refractivity (Wildman–Crippen MR) is 110 cm³/mol. The molecular weight excluding hydrogens is 358 g/mol. The number of anilines is 1. The van der Waals surface area contributed by atoms with E-state index in [-0.39, 0.29) is 5.75 Å². The molecule has 140 valence electrons. The van der Waals surface area contributed by atoms with Crippen LogP contribution in [0.3, 0.4) is 0 Å². The zero-order chi connectivity index (χ0) is 19.4. The second-order valence-electron chi connectivity index (χ2n) is 6.48. The Labute approximate surface area is 160 Å². The van der Waals surface area contributed by atoms with E-state index in [9.17, 15) is 13.5 Å². The smallest absolute Gasteiger partial charge is 0.264 e. The molecular formula is C22H23NO3S. The quantitative estimate of drug-likeness (QED) is 0.656. The van der Waals surface area contributed by atoms with E-state index < -0.39 is 10.0 Å². The van der Waals surface area contributed by atoms with E-state index in [0.29, 0.717) is 23.5 Å². The number of rotatable bonds is 6. The first-order valence-electron chi connectivity index (χ1n) is 8.90. The van der Waals surface area contributed by atoms with Gasteiger partial charge in [0.15, 0.2) is 0 Å². The van der Waals surface area contributed by atoms with Crippen molar-refractivity contribution in [1.82, 2.24) is 0 Å². The van der Waals surface area contributed by atoms with Gasteiger partial charge in [0.05, 0.1) is 10.6 Å². The van der Waals surface area contributed by atoms with Crippen molar-refractivity contribution in [2.45, 2.75) is 25.2 Å². The number of hydrogen-bond donors (Lipinski definition) is 1. The van der Waals surface area contributed by atoms with Gasteiger partial charge in [0.25, 0.3) is 10.0 Å². The summed E-state index contributed by atoms with van der Waals surface area (Å²) in [5.41, 5.74) is 3.58. The van der Waals surface area contributed by atoms with Crippen molar-refractivity contribution in [3.05, 3.63) is 78.4 Å². The van der Waals surface area contributed by atoms with Gasteiger partial charge in [-0.05, 0) is 60.9 Å². The van der Waals surface area contributed by atoms with Crippen LogP contribution in [0, 0.1) is 6.92 Å². The molecule has 0 amide bonds. The molecule has 0 fully saturated rings. The van der Waals surface area contributed by atoms with Crippen LogP contribution in [0.25, 0.3) is 11.1 Å². The van der Waals surface area contributed by atoms with Crippen LogP contribution in [-0.2, 0) is 10.0 Å². The Balaban J connectivity index is 1.95. The Kier molecular flexibility index (Phi) is 5.51. The summed E-state index contributed by atoms with van der Waals surface area (Å²) in [6, 6.07) is 21.3. The molecule has 4 nitrogen and oxygen atoms in total. The van der Waals surface area contributed by atoms with Crippen molar-refractivity contribution in [3.8, 4) is 16.9 Å². The first-order chi connectivity index (χ1) is 12.9. The first-order valence-corrected chi connectivity index (χ1v) is 10.3. The fourth-order valence-corrected chi connectivity index (χ4v) is 4.46. The number of nitrogens with zero attached hydrogens (tertiary/aromatic N) is 1. The number of benzene rings is 3. The normalized spacial score (nSPS) is 11.3. The van der Waals surface area contributed by atoms with Crippen LogP contribution in [0.2, 0.25) is 0 Å². The van der Waals surface area contributed by atoms with E-state index in [2.05, 4.69) is 0 Å². The monoisotopic (exact) mass is 381 g/mol. The molecule has 0 radical (unpaired) electrons. The highest BCUT2D eigenvalue weighted by Gasteiger charge is 2.24. The summed E-state index contributed by atoms with van der Waals surface area (Å²) < 4.78 is 27.7. The summed E-state index contributed by atoms with van der Waals surface area (Å²) in [6.45, 7) is 4.31. The molecule has 27 heavy (non-hydrogen) atoms. The van der Waals surface area contributed by atoms with E-state index in [1.54, 1.807) is 24.3 Å². The molecule has 0 unspecified atom stereocenters. The maximum absolute atomic E-state index is 13.1. The van der Waals surface area contributed by atoms with Crippen LogP contribution in [0.15, 0.2) is 77.7 Å². The van der Waals surface area contributed by atoms with Crippen molar-refractivity contribution < 1.29 is 13.5 Å². The van der Waals surface area contributed by atoms with E-state index in [4.69, 9.17) is 0 Å². The van der Waals surface area contributed by atoms with Crippen LogP contribution in [-0.4, -0.2) is 20.1 Å². The molecule has 3 aromatic carbocycles. The van der Waals surface area contributed by atoms with E-state index in [1.165, 1.54) is 4.31 Å². The minimum Gasteiger partial charge on any atom is -0.508 e. The lowest BCUT2D eigenvalue weighted by Gasteiger charge is -2.24. The number of aromatic hydroxyl groups is 1. The number of phenols is 1. The molecule has 0 aliphatic heterocycles. The average molecular weight is 381 g/mol. The van der Waals surface area contributed by atoms with Gasteiger partial charge >= 0.3 is 0 Å². The zero-order valence-electron chi connectivity index (χ0n) is 15.5. The second kappa shape index (κ2) is 7.84. The van der Waals surface area contributed by atoms with Crippen molar-refractivity contribution in [3.63, 3.8) is 0 Å². The van der Waals surface area contributed by atoms with Gasteiger partial charge < -0.3 is 5.11 Å². The molecule has 0 saturated heterocycles. The van der Waals surface area contributed by atoms with Gasteiger partial charge in [0.2, 0.25) is 0 Å². The molecule has 0 bridgehead atoms. The van der Waals surface area contributed by atoms with Crippen molar-refractivity contribution in [1.29, 1.82) is 0 Å². The summed E-state index contributed by atoms with van der Waals surface area (Å²) in [4.78, 5) is 0.296. The summed E-state index contributed by atoms with van der Waals surface area (Å²) >= 11 is 0. The lowest BCUT2D eigenvalue weighted by atomic mass is 10.1. The minimum absolute atomic E-state index is 0.216. The van der Waals surface area contributed by atoms with Crippen molar-refractivity contribution in [2.24, 2.45) is 0 Å². The Morgan fingerprint density at radius 1 is 0.815 bits per heavy atom. The summed E-state index contributed by atoms with van der Waals surface area (Å²) in [5, 5.41) is 9.42. The predicted octanol–water partition coefficient (Wildman–Crippen LogP) is 4.97. The Hall–Kier alpha value is -2.79. The van der Waals surface area contributed by atoms with E-state index in [0.717, 1.165) is 16.7 Å². The largest absolute Gasteiger partial charge is 0.508 e. The van der Waals surface area contributed by atoms with Gasteiger partial charge in [-0.1, -0.05) is 48.9 Å². The number of sulfonamides is 1. The molecule has 3 rings (SSSR count). The molecule has 0 spiro atoms. The maximum Gasteiger partial charge on any atom is 0.264 e. The van der Waals surface area contributed by atoms with E-state index in [1.807, 2.05) is 62.4 Å². The van der Waals surface area contributed by atoms with Crippen LogP contribution in [0.1, 0.15) is 18.9 Å². The average Bonchev–Trinajstić information content (AvgIpc) is 2.67. The summed E-state index contributed by atoms with van der Waals surface area (Å²) in [7, 11) is -3.62. The van der Waals surface area contributed by atoms with Gasteiger partial charge in [0.1, 0.15) is 5.75 Å². The molecule has 0 saturated carbocycles. The lowest BCUT2D eigenvalue weighted by molar-refractivity contribution is 0.475. The topological polar surface area (TPSA) is 57.6 Å². The van der Waals surface area contributed by atoms with Crippen LogP contribution >= 0.6 is 0 Å². The maximum atomic E-state index is 13.1.